The molecular formula is C23H25N3O4S. The summed E-state index contributed by atoms with van der Waals surface area (Å²) in [5.74, 6) is -0.0938. The van der Waals surface area contributed by atoms with Crippen LogP contribution in [0.3, 0.4) is 0 Å². The highest BCUT2D eigenvalue weighted by atomic mass is 32.2. The maximum Gasteiger partial charge on any atom is 0.264 e. The number of ether oxygens (including phenoxy) is 1. The Morgan fingerprint density at radius 1 is 1.03 bits per heavy atom. The summed E-state index contributed by atoms with van der Waals surface area (Å²) in [5, 5.41) is 2.74. The lowest BCUT2D eigenvalue weighted by Crippen LogP contribution is -2.41. The van der Waals surface area contributed by atoms with Gasteiger partial charge in [0.1, 0.15) is 12.3 Å². The number of carbonyl (C=O) groups excluding carboxylic acids is 1. The van der Waals surface area contributed by atoms with Crippen molar-refractivity contribution in [3.63, 3.8) is 0 Å². The third kappa shape index (κ3) is 5.40. The third-order valence-electron chi connectivity index (χ3n) is 4.69. The van der Waals surface area contributed by atoms with Gasteiger partial charge in [0.15, 0.2) is 0 Å². The number of carbonyl (C=O) groups is 1. The third-order valence-corrected chi connectivity index (χ3v) is 6.47. The molecule has 0 spiro atoms. The summed E-state index contributed by atoms with van der Waals surface area (Å²) in [6, 6.07) is 17.1. The molecule has 0 aliphatic rings. The van der Waals surface area contributed by atoms with Gasteiger partial charge in [0, 0.05) is 6.20 Å². The van der Waals surface area contributed by atoms with E-state index in [1.165, 1.54) is 19.2 Å². The number of pyridine rings is 1. The Morgan fingerprint density at radius 2 is 1.74 bits per heavy atom. The number of benzene rings is 2. The van der Waals surface area contributed by atoms with Crippen molar-refractivity contribution in [2.45, 2.75) is 25.3 Å². The predicted molar refractivity (Wildman–Crippen MR) is 120 cm³/mol. The van der Waals surface area contributed by atoms with E-state index in [-0.39, 0.29) is 11.4 Å². The highest BCUT2D eigenvalue weighted by molar-refractivity contribution is 7.92. The Labute approximate surface area is 182 Å². The van der Waals surface area contributed by atoms with E-state index in [9.17, 15) is 13.2 Å². The van der Waals surface area contributed by atoms with Crippen molar-refractivity contribution in [3.8, 4) is 5.75 Å². The van der Waals surface area contributed by atoms with Crippen LogP contribution >= 0.6 is 0 Å². The van der Waals surface area contributed by atoms with Gasteiger partial charge >= 0.3 is 0 Å². The number of sulfonamides is 1. The van der Waals surface area contributed by atoms with Crippen LogP contribution in [0.4, 0.5) is 5.69 Å². The fourth-order valence-corrected chi connectivity index (χ4v) is 4.43. The topological polar surface area (TPSA) is 88.6 Å². The molecule has 0 aliphatic heterocycles. The molecule has 0 atom stereocenters. The van der Waals surface area contributed by atoms with Crippen LogP contribution in [0.1, 0.15) is 16.8 Å². The number of rotatable bonds is 8. The van der Waals surface area contributed by atoms with Crippen LogP contribution < -0.4 is 14.4 Å². The number of nitrogens with zero attached hydrogens (tertiary/aromatic N) is 2. The van der Waals surface area contributed by atoms with Crippen molar-refractivity contribution >= 4 is 21.6 Å². The molecule has 3 rings (SSSR count). The zero-order valence-electron chi connectivity index (χ0n) is 17.7. The van der Waals surface area contributed by atoms with Gasteiger partial charge in [-0.2, -0.15) is 0 Å². The summed E-state index contributed by atoms with van der Waals surface area (Å²) in [7, 11) is -2.56. The molecule has 7 nitrogen and oxygen atoms in total. The molecule has 0 saturated carbocycles. The minimum atomic E-state index is -4.02. The second-order valence-electron chi connectivity index (χ2n) is 7.10. The van der Waals surface area contributed by atoms with E-state index in [1.54, 1.807) is 42.6 Å². The first-order valence-corrected chi connectivity index (χ1v) is 11.2. The van der Waals surface area contributed by atoms with Crippen LogP contribution in [0.2, 0.25) is 0 Å². The van der Waals surface area contributed by atoms with Crippen LogP contribution in [0.5, 0.6) is 5.75 Å². The molecule has 0 bridgehead atoms. The predicted octanol–water partition coefficient (Wildman–Crippen LogP) is 3.22. The number of anilines is 1. The smallest absolute Gasteiger partial charge is 0.264 e. The van der Waals surface area contributed by atoms with E-state index >= 15 is 0 Å². The van der Waals surface area contributed by atoms with Gasteiger partial charge in [-0.25, -0.2) is 8.42 Å². The summed E-state index contributed by atoms with van der Waals surface area (Å²) in [5.41, 5.74) is 2.76. The van der Waals surface area contributed by atoms with Gasteiger partial charge in [-0.05, 0) is 55.8 Å². The van der Waals surface area contributed by atoms with Gasteiger partial charge < -0.3 is 10.1 Å². The number of hydrogen-bond acceptors (Lipinski definition) is 5. The first-order valence-electron chi connectivity index (χ1n) is 9.72. The molecule has 1 aromatic heterocycles. The lowest BCUT2D eigenvalue weighted by molar-refractivity contribution is -0.119. The molecule has 0 aliphatic carbocycles. The van der Waals surface area contributed by atoms with E-state index in [0.29, 0.717) is 17.1 Å². The molecule has 1 amide bonds. The maximum absolute atomic E-state index is 13.5. The van der Waals surface area contributed by atoms with Gasteiger partial charge in [0.2, 0.25) is 5.91 Å². The molecule has 0 radical (unpaired) electrons. The SMILES string of the molecule is COc1ccc(C)cc1N(CC(=O)NCc1ccccn1)S(=O)(=O)c1ccc(C)cc1. The number of hydrogen-bond donors (Lipinski definition) is 1. The van der Waals surface area contributed by atoms with Crippen molar-refractivity contribution in [2.24, 2.45) is 0 Å². The Hall–Kier alpha value is -3.39. The molecule has 31 heavy (non-hydrogen) atoms. The monoisotopic (exact) mass is 439 g/mol. The summed E-state index contributed by atoms with van der Waals surface area (Å²) >= 11 is 0. The first kappa shape index (κ1) is 22.3. The molecule has 0 unspecified atom stereocenters. The quantitative estimate of drug-likeness (QED) is 0.582. The Bertz CT molecular complexity index is 1150. The van der Waals surface area contributed by atoms with Crippen LogP contribution in [0.15, 0.2) is 71.8 Å². The van der Waals surface area contributed by atoms with E-state index in [1.807, 2.05) is 26.0 Å². The van der Waals surface area contributed by atoms with Gasteiger partial charge in [-0.15, -0.1) is 0 Å². The van der Waals surface area contributed by atoms with E-state index < -0.39 is 22.5 Å². The average Bonchev–Trinajstić information content (AvgIpc) is 2.77. The molecule has 3 aromatic rings. The summed E-state index contributed by atoms with van der Waals surface area (Å²) in [4.78, 5) is 17.0. The zero-order valence-corrected chi connectivity index (χ0v) is 18.5. The van der Waals surface area contributed by atoms with Crippen LogP contribution in [0.25, 0.3) is 0 Å². The average molecular weight is 440 g/mol. The summed E-state index contributed by atoms with van der Waals surface area (Å²) in [6.07, 6.45) is 1.63. The van der Waals surface area contributed by atoms with Crippen LogP contribution in [0, 0.1) is 13.8 Å². The van der Waals surface area contributed by atoms with Crippen LogP contribution in [-0.2, 0) is 21.4 Å². The largest absolute Gasteiger partial charge is 0.495 e. The van der Waals surface area contributed by atoms with Gasteiger partial charge in [0.05, 0.1) is 29.9 Å². The zero-order chi connectivity index (χ0) is 22.4. The molecule has 162 valence electrons. The molecular weight excluding hydrogens is 414 g/mol. The number of nitrogens with one attached hydrogen (secondary N) is 1. The fraction of sp³-hybridized carbons (Fsp3) is 0.217. The maximum atomic E-state index is 13.5. The first-order chi connectivity index (χ1) is 14.8. The molecule has 0 saturated heterocycles. The van der Waals surface area contributed by atoms with Gasteiger partial charge in [-0.1, -0.05) is 29.8 Å². The second-order valence-corrected chi connectivity index (χ2v) is 8.96. The lowest BCUT2D eigenvalue weighted by Gasteiger charge is -2.26. The van der Waals surface area contributed by atoms with E-state index in [2.05, 4.69) is 10.3 Å². The minimum Gasteiger partial charge on any atom is -0.495 e. The number of methoxy groups -OCH3 is 1. The van der Waals surface area contributed by atoms with Crippen molar-refractivity contribution in [2.75, 3.05) is 18.0 Å². The molecule has 1 N–H and O–H groups in total. The lowest BCUT2D eigenvalue weighted by atomic mass is 10.2. The number of aromatic nitrogens is 1. The number of aryl methyl sites for hydroxylation is 2. The number of amides is 1. The van der Waals surface area contributed by atoms with E-state index in [0.717, 1.165) is 15.4 Å². The summed E-state index contributed by atoms with van der Waals surface area (Å²) < 4.78 is 33.5. The fourth-order valence-electron chi connectivity index (χ4n) is 3.01. The molecule has 8 heteroatoms. The van der Waals surface area contributed by atoms with Crippen LogP contribution in [-0.4, -0.2) is 33.0 Å². The molecule has 2 aromatic carbocycles. The highest BCUT2D eigenvalue weighted by Gasteiger charge is 2.29. The second kappa shape index (κ2) is 9.61. The van der Waals surface area contributed by atoms with Crippen molar-refractivity contribution in [1.82, 2.24) is 10.3 Å². The minimum absolute atomic E-state index is 0.0965. The Morgan fingerprint density at radius 3 is 2.39 bits per heavy atom. The molecule has 0 fully saturated rings. The van der Waals surface area contributed by atoms with Gasteiger partial charge in [-0.3, -0.25) is 14.1 Å². The molecule has 1 heterocycles. The highest BCUT2D eigenvalue weighted by Crippen LogP contribution is 2.33. The summed E-state index contributed by atoms with van der Waals surface area (Å²) in [6.45, 7) is 3.52. The normalized spacial score (nSPS) is 11.1. The van der Waals surface area contributed by atoms with Crippen molar-refractivity contribution in [3.05, 3.63) is 83.7 Å². The standard InChI is InChI=1S/C23H25N3O4S/c1-17-7-10-20(11-8-17)31(28,29)26(21-14-18(2)9-12-22(21)30-3)16-23(27)25-15-19-6-4-5-13-24-19/h4-14H,15-16H2,1-3H3,(H,25,27). The van der Waals surface area contributed by atoms with E-state index in [4.69, 9.17) is 4.74 Å². The van der Waals surface area contributed by atoms with Gasteiger partial charge in [0.25, 0.3) is 10.0 Å². The Kier molecular flexibility index (Phi) is 6.91. The van der Waals surface area contributed by atoms with Crippen molar-refractivity contribution < 1.29 is 17.9 Å². The Balaban J connectivity index is 1.95. The van der Waals surface area contributed by atoms with Crippen molar-refractivity contribution in [1.29, 1.82) is 0 Å².